The van der Waals surface area contributed by atoms with Gasteiger partial charge in [0.2, 0.25) is 0 Å². The fraction of sp³-hybridized carbons (Fsp3) is 0.130. The van der Waals surface area contributed by atoms with Gasteiger partial charge in [0.15, 0.2) is 0 Å². The van der Waals surface area contributed by atoms with E-state index in [9.17, 15) is 0 Å². The molecular weight excluding hydrogens is 567 g/mol. The highest BCUT2D eigenvalue weighted by molar-refractivity contribution is 6.29. The minimum absolute atomic E-state index is 0.188. The van der Waals surface area contributed by atoms with Crippen LogP contribution in [0.3, 0.4) is 0 Å². The molecule has 0 unspecified atom stereocenters. The van der Waals surface area contributed by atoms with E-state index in [0.717, 1.165) is 11.4 Å². The number of hydrogen-bond donors (Lipinski definition) is 0. The zero-order valence-corrected chi connectivity index (χ0v) is 27.6. The molecule has 1 aliphatic carbocycles. The first-order chi connectivity index (χ1) is 22.8. The Labute approximate surface area is 277 Å². The molecule has 0 amide bonds. The molecule has 0 N–H and O–H groups in total. The maximum atomic E-state index is 2.46. The molecule has 0 bridgehead atoms. The van der Waals surface area contributed by atoms with Crippen molar-refractivity contribution < 1.29 is 0 Å². The first-order valence-corrected chi connectivity index (χ1v) is 16.7. The molecule has 8 aromatic rings. The Bertz CT molecular complexity index is 2440. The number of hydrogen-bond acceptors (Lipinski definition) is 1. The van der Waals surface area contributed by atoms with E-state index in [2.05, 4.69) is 173 Å². The summed E-state index contributed by atoms with van der Waals surface area (Å²) in [5.41, 5.74) is 15.4. The van der Waals surface area contributed by atoms with Crippen molar-refractivity contribution in [2.24, 2.45) is 0 Å². The molecule has 0 aliphatic heterocycles. The molecule has 47 heavy (non-hydrogen) atoms. The quantitative estimate of drug-likeness (QED) is 0.181. The summed E-state index contributed by atoms with van der Waals surface area (Å²) in [6.45, 7) is 11.5. The molecule has 0 atom stereocenters. The number of rotatable bonds is 4. The second kappa shape index (κ2) is 10.0. The molecular formula is C46H37N. The van der Waals surface area contributed by atoms with Crippen molar-refractivity contribution in [2.75, 3.05) is 4.90 Å². The third kappa shape index (κ3) is 4.02. The summed E-state index contributed by atoms with van der Waals surface area (Å²) < 4.78 is 0. The summed E-state index contributed by atoms with van der Waals surface area (Å²) in [7, 11) is 0. The minimum Gasteiger partial charge on any atom is -0.310 e. The van der Waals surface area contributed by atoms with Crippen molar-refractivity contribution in [1.29, 1.82) is 0 Å². The predicted molar refractivity (Wildman–Crippen MR) is 202 cm³/mol. The van der Waals surface area contributed by atoms with Crippen LogP contribution in [-0.2, 0) is 5.41 Å². The van der Waals surface area contributed by atoms with Gasteiger partial charge in [0.05, 0.1) is 0 Å². The summed E-state index contributed by atoms with van der Waals surface area (Å²) in [6, 6.07) is 49.8. The van der Waals surface area contributed by atoms with Crippen LogP contribution in [0.25, 0.3) is 54.6 Å². The van der Waals surface area contributed by atoms with Gasteiger partial charge in [0.25, 0.3) is 0 Å². The summed E-state index contributed by atoms with van der Waals surface area (Å²) in [5, 5.41) is 8.15. The van der Waals surface area contributed by atoms with Crippen LogP contribution < -0.4 is 4.90 Å². The van der Waals surface area contributed by atoms with Crippen LogP contribution >= 0.6 is 0 Å². The molecule has 226 valence electrons. The predicted octanol–water partition coefficient (Wildman–Crippen LogP) is 13.0. The Balaban J connectivity index is 1.31. The molecule has 0 fully saturated rings. The molecule has 0 saturated heterocycles. The topological polar surface area (TPSA) is 3.24 Å². The van der Waals surface area contributed by atoms with Gasteiger partial charge in [-0.1, -0.05) is 110 Å². The van der Waals surface area contributed by atoms with E-state index in [1.54, 1.807) is 0 Å². The number of para-hydroxylation sites is 2. The van der Waals surface area contributed by atoms with Gasteiger partial charge in [-0.15, -0.1) is 0 Å². The van der Waals surface area contributed by atoms with E-state index in [1.807, 2.05) is 0 Å². The van der Waals surface area contributed by atoms with Gasteiger partial charge in [-0.3, -0.25) is 0 Å². The van der Waals surface area contributed by atoms with Crippen molar-refractivity contribution in [1.82, 2.24) is 0 Å². The van der Waals surface area contributed by atoms with Crippen LogP contribution in [-0.4, -0.2) is 0 Å². The van der Waals surface area contributed by atoms with Crippen LogP contribution in [0.2, 0.25) is 0 Å². The lowest BCUT2D eigenvalue weighted by molar-refractivity contribution is 0.645. The Kier molecular flexibility index (Phi) is 5.96. The molecule has 1 aliphatic rings. The first kappa shape index (κ1) is 27.9. The highest BCUT2D eigenvalue weighted by Crippen LogP contribution is 2.54. The molecule has 0 spiro atoms. The van der Waals surface area contributed by atoms with Gasteiger partial charge in [-0.05, 0) is 140 Å². The van der Waals surface area contributed by atoms with E-state index in [0.29, 0.717) is 0 Å². The second-order valence-electron chi connectivity index (χ2n) is 14.0. The number of aryl methyl sites for hydroxylation is 3. The lowest BCUT2D eigenvalue weighted by Gasteiger charge is -2.37. The summed E-state index contributed by atoms with van der Waals surface area (Å²) >= 11 is 0. The zero-order valence-electron chi connectivity index (χ0n) is 27.6. The average molecular weight is 604 g/mol. The van der Waals surface area contributed by atoms with E-state index in [1.165, 1.54) is 88.1 Å². The second-order valence-corrected chi connectivity index (χ2v) is 14.0. The van der Waals surface area contributed by atoms with Crippen LogP contribution in [0, 0.1) is 20.8 Å². The number of benzene rings is 8. The highest BCUT2D eigenvalue weighted by Gasteiger charge is 2.35. The average Bonchev–Trinajstić information content (AvgIpc) is 3.07. The van der Waals surface area contributed by atoms with Gasteiger partial charge in [-0.25, -0.2) is 0 Å². The van der Waals surface area contributed by atoms with Crippen LogP contribution in [0.5, 0.6) is 0 Å². The number of nitrogens with zero attached hydrogens (tertiary/aromatic N) is 1. The minimum atomic E-state index is -0.188. The standard InChI is InChI=1S/C46H37N/c1-28-24-29(2)42(30(3)25-28)37-21-17-32-26-39-36-22-19-35(47(33-12-8-6-9-13-33)34-14-10-7-11-15-34)27-41(36)46(4,5)40-23-18-31-16-20-38(37)43(32)44(31)45(39)40/h6-27H,1-5H3. The van der Waals surface area contributed by atoms with Crippen molar-refractivity contribution in [3.8, 4) is 22.3 Å². The largest absolute Gasteiger partial charge is 0.310 e. The van der Waals surface area contributed by atoms with Gasteiger partial charge in [-0.2, -0.15) is 0 Å². The van der Waals surface area contributed by atoms with Crippen LogP contribution in [0.4, 0.5) is 17.1 Å². The summed E-state index contributed by atoms with van der Waals surface area (Å²) in [6.07, 6.45) is 0. The highest BCUT2D eigenvalue weighted by atomic mass is 15.1. The Morgan fingerprint density at radius 2 is 1.06 bits per heavy atom. The smallest absolute Gasteiger partial charge is 0.0465 e. The molecule has 0 heterocycles. The van der Waals surface area contributed by atoms with Gasteiger partial charge in [0.1, 0.15) is 0 Å². The van der Waals surface area contributed by atoms with E-state index < -0.39 is 0 Å². The first-order valence-electron chi connectivity index (χ1n) is 16.7. The molecule has 1 nitrogen and oxygen atoms in total. The Hall–Kier alpha value is -5.40. The molecule has 0 saturated carbocycles. The van der Waals surface area contributed by atoms with Gasteiger partial charge < -0.3 is 4.90 Å². The Morgan fingerprint density at radius 3 is 1.74 bits per heavy atom. The molecule has 1 heteroatoms. The van der Waals surface area contributed by atoms with Crippen molar-refractivity contribution in [2.45, 2.75) is 40.0 Å². The molecule has 0 radical (unpaired) electrons. The lowest BCUT2D eigenvalue weighted by Crippen LogP contribution is -2.24. The molecule has 8 aromatic carbocycles. The summed E-state index contributed by atoms with van der Waals surface area (Å²) in [5.74, 6) is 0. The Morgan fingerprint density at radius 1 is 0.447 bits per heavy atom. The van der Waals surface area contributed by atoms with E-state index in [-0.39, 0.29) is 5.41 Å². The van der Waals surface area contributed by atoms with Crippen LogP contribution in [0.1, 0.15) is 41.7 Å². The van der Waals surface area contributed by atoms with E-state index in [4.69, 9.17) is 0 Å². The fourth-order valence-electron chi connectivity index (χ4n) is 8.64. The van der Waals surface area contributed by atoms with E-state index >= 15 is 0 Å². The third-order valence-electron chi connectivity index (χ3n) is 10.6. The molecule has 9 rings (SSSR count). The SMILES string of the molecule is Cc1cc(C)c(-c2ccc3cc4c5c(ccc6ccc2c3c65)C(C)(C)c2cc(N(c3ccccc3)c3ccccc3)ccc2-4)c(C)c1. The number of fused-ring (bicyclic) bond motifs is 2. The van der Waals surface area contributed by atoms with Gasteiger partial charge >= 0.3 is 0 Å². The lowest BCUT2D eigenvalue weighted by atomic mass is 9.67. The normalized spacial score (nSPS) is 13.4. The summed E-state index contributed by atoms with van der Waals surface area (Å²) in [4.78, 5) is 2.37. The van der Waals surface area contributed by atoms with Crippen molar-refractivity contribution in [3.05, 3.63) is 161 Å². The van der Waals surface area contributed by atoms with Gasteiger partial charge in [0, 0.05) is 22.5 Å². The maximum absolute atomic E-state index is 2.46. The third-order valence-corrected chi connectivity index (χ3v) is 10.6. The van der Waals surface area contributed by atoms with Crippen LogP contribution in [0.15, 0.2) is 133 Å². The maximum Gasteiger partial charge on any atom is 0.0465 e. The van der Waals surface area contributed by atoms with Crippen molar-refractivity contribution >= 4 is 49.4 Å². The van der Waals surface area contributed by atoms with Crippen molar-refractivity contribution in [3.63, 3.8) is 0 Å². The molecule has 0 aromatic heterocycles. The monoisotopic (exact) mass is 603 g/mol. The fourth-order valence-corrected chi connectivity index (χ4v) is 8.64. The zero-order chi connectivity index (χ0) is 32.0. The number of anilines is 3.